The number of hydrogen-bond acceptors (Lipinski definition) is 2. The highest BCUT2D eigenvalue weighted by Crippen LogP contribution is 2.31. The van der Waals surface area contributed by atoms with Gasteiger partial charge in [-0.15, -0.1) is 0 Å². The van der Waals surface area contributed by atoms with Crippen LogP contribution >= 0.6 is 0 Å². The van der Waals surface area contributed by atoms with Crippen molar-refractivity contribution < 1.29 is 0 Å². The molecular formula is C30H44N2. The summed E-state index contributed by atoms with van der Waals surface area (Å²) in [5.74, 6) is 1.76. The normalized spacial score (nSPS) is 23.3. The smallest absolute Gasteiger partial charge is 0.0233 e. The average Bonchev–Trinajstić information content (AvgIpc) is 3.02. The van der Waals surface area contributed by atoms with E-state index in [1.165, 1.54) is 102 Å². The van der Waals surface area contributed by atoms with Gasteiger partial charge >= 0.3 is 0 Å². The summed E-state index contributed by atoms with van der Waals surface area (Å²) < 4.78 is 0. The zero-order valence-electron chi connectivity index (χ0n) is 20.1. The molecule has 1 saturated carbocycles. The number of rotatable bonds is 5. The van der Waals surface area contributed by atoms with Crippen molar-refractivity contribution in [3.05, 3.63) is 71.8 Å². The predicted octanol–water partition coefficient (Wildman–Crippen LogP) is 7.15. The molecule has 1 heterocycles. The fourth-order valence-corrected chi connectivity index (χ4v) is 6.00. The van der Waals surface area contributed by atoms with E-state index in [1.807, 2.05) is 0 Å². The lowest BCUT2D eigenvalue weighted by molar-refractivity contribution is 0.162. The fraction of sp³-hybridized carbons (Fsp3) is 0.600. The zero-order valence-corrected chi connectivity index (χ0v) is 20.1. The van der Waals surface area contributed by atoms with Crippen LogP contribution in [0.5, 0.6) is 0 Å². The van der Waals surface area contributed by atoms with Gasteiger partial charge in [-0.1, -0.05) is 112 Å². The Kier molecular flexibility index (Phi) is 9.67. The van der Waals surface area contributed by atoms with E-state index in [1.54, 1.807) is 0 Å². The molecule has 0 bridgehead atoms. The van der Waals surface area contributed by atoms with Crippen molar-refractivity contribution in [3.8, 4) is 0 Å². The lowest BCUT2D eigenvalue weighted by Crippen LogP contribution is -2.33. The van der Waals surface area contributed by atoms with Crippen molar-refractivity contribution in [2.24, 2.45) is 11.8 Å². The molecule has 1 aliphatic carbocycles. The van der Waals surface area contributed by atoms with Crippen LogP contribution in [-0.2, 0) is 13.1 Å². The Morgan fingerprint density at radius 2 is 1.03 bits per heavy atom. The Morgan fingerprint density at radius 3 is 1.66 bits per heavy atom. The third kappa shape index (κ3) is 7.74. The van der Waals surface area contributed by atoms with Crippen molar-refractivity contribution in [2.45, 2.75) is 77.3 Å². The van der Waals surface area contributed by atoms with Crippen LogP contribution in [-0.4, -0.2) is 36.0 Å². The molecule has 0 amide bonds. The molecule has 174 valence electrons. The monoisotopic (exact) mass is 432 g/mol. The van der Waals surface area contributed by atoms with Crippen LogP contribution in [0.25, 0.3) is 0 Å². The van der Waals surface area contributed by atoms with Gasteiger partial charge in [0, 0.05) is 19.6 Å². The molecule has 4 rings (SSSR count). The summed E-state index contributed by atoms with van der Waals surface area (Å²) in [6.07, 6.45) is 14.3. The fourth-order valence-electron chi connectivity index (χ4n) is 6.00. The van der Waals surface area contributed by atoms with E-state index in [-0.39, 0.29) is 0 Å². The summed E-state index contributed by atoms with van der Waals surface area (Å²) in [6.45, 7) is 7.22. The predicted molar refractivity (Wildman–Crippen MR) is 137 cm³/mol. The first-order valence-electron chi connectivity index (χ1n) is 13.4. The van der Waals surface area contributed by atoms with Crippen molar-refractivity contribution in [1.82, 2.24) is 9.80 Å². The molecule has 0 N–H and O–H groups in total. The first kappa shape index (κ1) is 23.5. The number of benzene rings is 2. The highest BCUT2D eigenvalue weighted by molar-refractivity contribution is 5.15. The molecule has 0 spiro atoms. The second kappa shape index (κ2) is 13.2. The van der Waals surface area contributed by atoms with E-state index in [4.69, 9.17) is 0 Å². The molecule has 1 aliphatic heterocycles. The summed E-state index contributed by atoms with van der Waals surface area (Å²) in [5, 5.41) is 0. The van der Waals surface area contributed by atoms with Crippen LogP contribution < -0.4 is 0 Å². The molecule has 0 aromatic heterocycles. The largest absolute Gasteiger partial charge is 0.299 e. The highest BCUT2D eigenvalue weighted by atomic mass is 15.2. The maximum atomic E-state index is 2.79. The first-order chi connectivity index (χ1) is 15.9. The van der Waals surface area contributed by atoms with Gasteiger partial charge in [-0.05, 0) is 55.4 Å². The van der Waals surface area contributed by atoms with Crippen molar-refractivity contribution >= 4 is 0 Å². The molecule has 2 aliphatic rings. The van der Waals surface area contributed by atoms with Crippen molar-refractivity contribution in [3.63, 3.8) is 0 Å². The number of nitrogens with zero attached hydrogens (tertiary/aromatic N) is 2. The van der Waals surface area contributed by atoms with E-state index in [2.05, 4.69) is 70.5 Å². The Labute approximate surface area is 197 Å². The van der Waals surface area contributed by atoms with Crippen LogP contribution in [0.1, 0.15) is 75.3 Å². The second-order valence-electron chi connectivity index (χ2n) is 10.3. The van der Waals surface area contributed by atoms with Crippen LogP contribution in [0.2, 0.25) is 0 Å². The summed E-state index contributed by atoms with van der Waals surface area (Å²) >= 11 is 0. The standard InChI is InChI=1S/C30H44N2/c1-2-4-12-19-29(18-11-3-1)30-20-23-31(24-27-14-7-5-8-15-27)21-13-22-32(26-30)25-28-16-9-6-10-17-28/h5-10,14-17,29-30H,1-4,11-13,18-26H2. The maximum absolute atomic E-state index is 2.79. The molecule has 2 heteroatoms. The minimum absolute atomic E-state index is 0.841. The summed E-state index contributed by atoms with van der Waals surface area (Å²) in [4.78, 5) is 5.53. The Bertz CT molecular complexity index is 734. The average molecular weight is 433 g/mol. The van der Waals surface area contributed by atoms with Crippen LogP contribution in [0.15, 0.2) is 60.7 Å². The minimum atomic E-state index is 0.841. The molecule has 32 heavy (non-hydrogen) atoms. The number of hydrogen-bond donors (Lipinski definition) is 0. The molecule has 1 atom stereocenters. The molecule has 2 aromatic carbocycles. The summed E-state index contributed by atoms with van der Waals surface area (Å²) in [7, 11) is 0. The third-order valence-corrected chi connectivity index (χ3v) is 7.82. The van der Waals surface area contributed by atoms with E-state index >= 15 is 0 Å². The molecular weight excluding hydrogens is 388 g/mol. The van der Waals surface area contributed by atoms with Gasteiger partial charge in [-0.3, -0.25) is 9.80 Å². The van der Waals surface area contributed by atoms with Gasteiger partial charge in [0.15, 0.2) is 0 Å². The Morgan fingerprint density at radius 1 is 0.500 bits per heavy atom. The quantitative estimate of drug-likeness (QED) is 0.495. The van der Waals surface area contributed by atoms with Crippen LogP contribution in [0.4, 0.5) is 0 Å². The van der Waals surface area contributed by atoms with Gasteiger partial charge in [0.2, 0.25) is 0 Å². The Balaban J connectivity index is 1.46. The summed E-state index contributed by atoms with van der Waals surface area (Å²) in [5.41, 5.74) is 2.94. The molecule has 2 fully saturated rings. The lowest BCUT2D eigenvalue weighted by atomic mass is 9.82. The summed E-state index contributed by atoms with van der Waals surface area (Å²) in [6, 6.07) is 22.3. The second-order valence-corrected chi connectivity index (χ2v) is 10.3. The maximum Gasteiger partial charge on any atom is 0.0233 e. The SMILES string of the molecule is c1ccc(CN2CCCN(Cc3ccccc3)CC(C3CCCCCCCC3)CC2)cc1. The zero-order chi connectivity index (χ0) is 21.8. The third-order valence-electron chi connectivity index (χ3n) is 7.82. The van der Waals surface area contributed by atoms with E-state index in [0.29, 0.717) is 0 Å². The minimum Gasteiger partial charge on any atom is -0.299 e. The van der Waals surface area contributed by atoms with Gasteiger partial charge in [-0.25, -0.2) is 0 Å². The van der Waals surface area contributed by atoms with Crippen molar-refractivity contribution in [2.75, 3.05) is 26.2 Å². The van der Waals surface area contributed by atoms with Gasteiger partial charge in [0.25, 0.3) is 0 Å². The van der Waals surface area contributed by atoms with E-state index in [0.717, 1.165) is 24.9 Å². The first-order valence-corrected chi connectivity index (χ1v) is 13.4. The molecule has 1 unspecified atom stereocenters. The van der Waals surface area contributed by atoms with Gasteiger partial charge in [0.05, 0.1) is 0 Å². The van der Waals surface area contributed by atoms with Gasteiger partial charge in [0.1, 0.15) is 0 Å². The molecule has 2 nitrogen and oxygen atoms in total. The molecule has 1 saturated heterocycles. The topological polar surface area (TPSA) is 6.48 Å². The van der Waals surface area contributed by atoms with Gasteiger partial charge in [-0.2, -0.15) is 0 Å². The highest BCUT2D eigenvalue weighted by Gasteiger charge is 2.26. The van der Waals surface area contributed by atoms with E-state index < -0.39 is 0 Å². The van der Waals surface area contributed by atoms with Crippen molar-refractivity contribution in [1.29, 1.82) is 0 Å². The molecule has 2 aromatic rings. The molecule has 0 radical (unpaired) electrons. The van der Waals surface area contributed by atoms with E-state index in [9.17, 15) is 0 Å². The van der Waals surface area contributed by atoms with Gasteiger partial charge < -0.3 is 0 Å². The van der Waals surface area contributed by atoms with Crippen LogP contribution in [0.3, 0.4) is 0 Å². The lowest BCUT2D eigenvalue weighted by Gasteiger charge is -2.33. The van der Waals surface area contributed by atoms with Crippen LogP contribution in [0, 0.1) is 11.8 Å². The Hall–Kier alpha value is -1.64.